The van der Waals surface area contributed by atoms with E-state index in [9.17, 15) is 4.79 Å². The SMILES string of the molecule is COc1ccc2c(c1)CN(C(=O)CNCC1CC1)C(c1ccccc1)C2. The topological polar surface area (TPSA) is 41.6 Å². The van der Waals surface area contributed by atoms with Crippen LogP contribution in [0.4, 0.5) is 0 Å². The fraction of sp³-hybridized carbons (Fsp3) is 0.409. The van der Waals surface area contributed by atoms with Crippen molar-refractivity contribution in [1.82, 2.24) is 10.2 Å². The van der Waals surface area contributed by atoms with Crippen molar-refractivity contribution in [2.24, 2.45) is 5.92 Å². The Bertz CT molecular complexity index is 771. The number of hydrogen-bond acceptors (Lipinski definition) is 3. The van der Waals surface area contributed by atoms with Gasteiger partial charge in [0.1, 0.15) is 5.75 Å². The van der Waals surface area contributed by atoms with Crippen LogP contribution in [0.25, 0.3) is 0 Å². The molecule has 1 N–H and O–H groups in total. The van der Waals surface area contributed by atoms with Crippen LogP contribution >= 0.6 is 0 Å². The molecule has 0 saturated heterocycles. The summed E-state index contributed by atoms with van der Waals surface area (Å²) in [5.74, 6) is 1.80. The molecular formula is C22H26N2O2. The normalized spacial score (nSPS) is 19.1. The van der Waals surface area contributed by atoms with Crippen LogP contribution < -0.4 is 10.1 Å². The first kappa shape index (κ1) is 17.1. The zero-order valence-electron chi connectivity index (χ0n) is 15.3. The molecule has 0 radical (unpaired) electrons. The number of carbonyl (C=O) groups excluding carboxylic acids is 1. The number of methoxy groups -OCH3 is 1. The lowest BCUT2D eigenvalue weighted by Crippen LogP contribution is -2.43. The minimum atomic E-state index is 0.0901. The Kier molecular flexibility index (Phi) is 4.93. The maximum absolute atomic E-state index is 13.0. The zero-order chi connectivity index (χ0) is 17.9. The molecule has 1 fully saturated rings. The molecule has 1 unspecified atom stereocenters. The first-order valence-electron chi connectivity index (χ1n) is 9.45. The molecule has 2 aliphatic rings. The lowest BCUT2D eigenvalue weighted by Gasteiger charge is -2.37. The van der Waals surface area contributed by atoms with Crippen molar-refractivity contribution >= 4 is 5.91 Å². The first-order valence-corrected chi connectivity index (χ1v) is 9.45. The molecule has 4 rings (SSSR count). The number of ether oxygens (including phenoxy) is 1. The molecule has 2 aromatic carbocycles. The monoisotopic (exact) mass is 350 g/mol. The van der Waals surface area contributed by atoms with Crippen LogP contribution in [0.3, 0.4) is 0 Å². The predicted molar refractivity (Wildman–Crippen MR) is 102 cm³/mol. The van der Waals surface area contributed by atoms with E-state index in [0.29, 0.717) is 13.1 Å². The quantitative estimate of drug-likeness (QED) is 0.869. The van der Waals surface area contributed by atoms with Gasteiger partial charge in [-0.1, -0.05) is 36.4 Å². The van der Waals surface area contributed by atoms with E-state index in [1.807, 2.05) is 29.2 Å². The van der Waals surface area contributed by atoms with E-state index in [-0.39, 0.29) is 11.9 Å². The maximum atomic E-state index is 13.0. The summed E-state index contributed by atoms with van der Waals surface area (Å²) in [5.41, 5.74) is 3.69. The highest BCUT2D eigenvalue weighted by Crippen LogP contribution is 2.35. The van der Waals surface area contributed by atoms with Crippen molar-refractivity contribution in [3.8, 4) is 5.75 Å². The van der Waals surface area contributed by atoms with E-state index >= 15 is 0 Å². The zero-order valence-corrected chi connectivity index (χ0v) is 15.3. The number of hydrogen-bond donors (Lipinski definition) is 1. The number of fused-ring (bicyclic) bond motifs is 1. The molecule has 0 aromatic heterocycles. The summed E-state index contributed by atoms with van der Waals surface area (Å²) in [6, 6.07) is 16.7. The lowest BCUT2D eigenvalue weighted by molar-refractivity contribution is -0.134. The molecular weight excluding hydrogens is 324 g/mol. The molecule has 4 heteroatoms. The van der Waals surface area contributed by atoms with E-state index in [4.69, 9.17) is 4.74 Å². The average molecular weight is 350 g/mol. The highest BCUT2D eigenvalue weighted by atomic mass is 16.5. The molecule has 1 heterocycles. The molecule has 1 amide bonds. The van der Waals surface area contributed by atoms with Crippen molar-refractivity contribution in [2.45, 2.75) is 31.8 Å². The molecule has 136 valence electrons. The van der Waals surface area contributed by atoms with E-state index in [0.717, 1.165) is 24.6 Å². The van der Waals surface area contributed by atoms with Gasteiger partial charge in [-0.2, -0.15) is 0 Å². The highest BCUT2D eigenvalue weighted by Gasteiger charge is 2.31. The van der Waals surface area contributed by atoms with Gasteiger partial charge in [-0.25, -0.2) is 0 Å². The van der Waals surface area contributed by atoms with Gasteiger partial charge in [-0.05, 0) is 60.5 Å². The molecule has 1 aliphatic carbocycles. The van der Waals surface area contributed by atoms with E-state index in [1.165, 1.54) is 29.5 Å². The third-order valence-electron chi connectivity index (χ3n) is 5.45. The second-order valence-electron chi connectivity index (χ2n) is 7.36. The average Bonchev–Trinajstić information content (AvgIpc) is 3.51. The number of amides is 1. The second kappa shape index (κ2) is 7.50. The minimum Gasteiger partial charge on any atom is -0.497 e. The van der Waals surface area contributed by atoms with Crippen molar-refractivity contribution in [2.75, 3.05) is 20.2 Å². The van der Waals surface area contributed by atoms with Gasteiger partial charge < -0.3 is 15.0 Å². The number of carbonyl (C=O) groups is 1. The number of nitrogens with zero attached hydrogens (tertiary/aromatic N) is 1. The Morgan fingerprint density at radius 2 is 1.96 bits per heavy atom. The van der Waals surface area contributed by atoms with E-state index in [2.05, 4.69) is 29.6 Å². The standard InChI is InChI=1S/C22H26N2O2/c1-26-20-10-9-18-12-21(17-5-3-2-4-6-17)24(15-19(18)11-20)22(25)14-23-13-16-7-8-16/h2-6,9-11,16,21,23H,7-8,12-15H2,1H3. The number of nitrogens with one attached hydrogen (secondary N) is 1. The molecule has 1 atom stereocenters. The maximum Gasteiger partial charge on any atom is 0.237 e. The summed E-state index contributed by atoms with van der Waals surface area (Å²) < 4.78 is 5.37. The summed E-state index contributed by atoms with van der Waals surface area (Å²) in [4.78, 5) is 15.0. The number of benzene rings is 2. The summed E-state index contributed by atoms with van der Waals surface area (Å²) in [6.45, 7) is 2.01. The Balaban J connectivity index is 1.57. The van der Waals surface area contributed by atoms with Gasteiger partial charge >= 0.3 is 0 Å². The Morgan fingerprint density at radius 1 is 1.15 bits per heavy atom. The molecule has 1 saturated carbocycles. The van der Waals surface area contributed by atoms with Gasteiger partial charge in [-0.3, -0.25) is 4.79 Å². The number of rotatable bonds is 6. The summed E-state index contributed by atoms with van der Waals surface area (Å²) in [6.07, 6.45) is 3.44. The third-order valence-corrected chi connectivity index (χ3v) is 5.45. The van der Waals surface area contributed by atoms with Crippen molar-refractivity contribution in [1.29, 1.82) is 0 Å². The van der Waals surface area contributed by atoms with Gasteiger partial charge in [-0.15, -0.1) is 0 Å². The van der Waals surface area contributed by atoms with Crippen LogP contribution in [0.2, 0.25) is 0 Å². The van der Waals surface area contributed by atoms with Gasteiger partial charge in [0, 0.05) is 6.54 Å². The van der Waals surface area contributed by atoms with Crippen LogP contribution in [-0.4, -0.2) is 31.0 Å². The summed E-state index contributed by atoms with van der Waals surface area (Å²) in [5, 5.41) is 3.35. The van der Waals surface area contributed by atoms with E-state index in [1.54, 1.807) is 7.11 Å². The largest absolute Gasteiger partial charge is 0.497 e. The highest BCUT2D eigenvalue weighted by molar-refractivity contribution is 5.79. The predicted octanol–water partition coefficient (Wildman–Crippen LogP) is 3.32. The molecule has 4 nitrogen and oxygen atoms in total. The lowest BCUT2D eigenvalue weighted by atomic mass is 9.89. The van der Waals surface area contributed by atoms with Crippen molar-refractivity contribution in [3.63, 3.8) is 0 Å². The summed E-state index contributed by atoms with van der Waals surface area (Å²) >= 11 is 0. The summed E-state index contributed by atoms with van der Waals surface area (Å²) in [7, 11) is 1.68. The molecule has 0 spiro atoms. The van der Waals surface area contributed by atoms with Crippen molar-refractivity contribution in [3.05, 3.63) is 65.2 Å². The van der Waals surface area contributed by atoms with Gasteiger partial charge in [0.05, 0.1) is 19.7 Å². The molecule has 1 aliphatic heterocycles. The molecule has 2 aromatic rings. The van der Waals surface area contributed by atoms with Crippen LogP contribution in [0.15, 0.2) is 48.5 Å². The van der Waals surface area contributed by atoms with Crippen LogP contribution in [0, 0.1) is 5.92 Å². The van der Waals surface area contributed by atoms with Crippen LogP contribution in [0.5, 0.6) is 5.75 Å². The molecule has 0 bridgehead atoms. The Morgan fingerprint density at radius 3 is 2.69 bits per heavy atom. The minimum absolute atomic E-state index is 0.0901. The van der Waals surface area contributed by atoms with Gasteiger partial charge in [0.2, 0.25) is 5.91 Å². The second-order valence-corrected chi connectivity index (χ2v) is 7.36. The van der Waals surface area contributed by atoms with Gasteiger partial charge in [0.25, 0.3) is 0 Å². The Hall–Kier alpha value is -2.33. The smallest absolute Gasteiger partial charge is 0.237 e. The van der Waals surface area contributed by atoms with Crippen LogP contribution in [0.1, 0.15) is 35.6 Å². The Labute approximate surface area is 155 Å². The van der Waals surface area contributed by atoms with Crippen LogP contribution in [-0.2, 0) is 17.8 Å². The van der Waals surface area contributed by atoms with Gasteiger partial charge in [0.15, 0.2) is 0 Å². The molecule has 26 heavy (non-hydrogen) atoms. The first-order chi connectivity index (χ1) is 12.7. The van der Waals surface area contributed by atoms with Crippen molar-refractivity contribution < 1.29 is 9.53 Å². The third kappa shape index (κ3) is 3.75. The fourth-order valence-electron chi connectivity index (χ4n) is 3.73. The fourth-order valence-corrected chi connectivity index (χ4v) is 3.73. The van der Waals surface area contributed by atoms with E-state index < -0.39 is 0 Å².